The predicted molar refractivity (Wildman–Crippen MR) is 69.9 cm³/mol. The van der Waals surface area contributed by atoms with Crippen LogP contribution in [0.15, 0.2) is 42.5 Å². The topological polar surface area (TPSA) is 72.5 Å². The number of halogens is 3. The highest BCUT2D eigenvalue weighted by Crippen LogP contribution is 2.35. The largest absolute Gasteiger partial charge is 0.573 e. The number of hydrogen-bond acceptors (Lipinski definition) is 3. The number of carbonyl (C=O) groups is 1. The molecule has 0 radical (unpaired) electrons. The summed E-state index contributed by atoms with van der Waals surface area (Å²) in [5.74, 6) is -1.53. The summed E-state index contributed by atoms with van der Waals surface area (Å²) in [5.41, 5.74) is 6.37. The van der Waals surface area contributed by atoms with E-state index in [2.05, 4.69) is 4.74 Å². The summed E-state index contributed by atoms with van der Waals surface area (Å²) in [6.07, 6.45) is -4.83. The fourth-order valence-electron chi connectivity index (χ4n) is 1.78. The number of anilines is 1. The molecule has 0 saturated carbocycles. The average Bonchev–Trinajstić information content (AvgIpc) is 2.39. The first-order valence-corrected chi connectivity index (χ1v) is 5.75. The molecular weight excluding hydrogens is 287 g/mol. The van der Waals surface area contributed by atoms with Gasteiger partial charge in [-0.1, -0.05) is 12.1 Å². The van der Waals surface area contributed by atoms with Crippen LogP contribution in [0.4, 0.5) is 18.9 Å². The molecule has 3 N–H and O–H groups in total. The van der Waals surface area contributed by atoms with Crippen molar-refractivity contribution in [1.82, 2.24) is 0 Å². The van der Waals surface area contributed by atoms with Crippen LogP contribution >= 0.6 is 0 Å². The summed E-state index contributed by atoms with van der Waals surface area (Å²) in [6, 6.07) is 9.09. The number of carboxylic acid groups (broad SMARTS) is 1. The van der Waals surface area contributed by atoms with Crippen molar-refractivity contribution >= 4 is 11.7 Å². The van der Waals surface area contributed by atoms with Crippen LogP contribution in [0, 0.1) is 0 Å². The SMILES string of the molecule is Nc1ccc(OC(F)(F)F)c(-c2ccc(C(=O)O)cc2)c1. The summed E-state index contributed by atoms with van der Waals surface area (Å²) in [6.45, 7) is 0. The van der Waals surface area contributed by atoms with E-state index in [1.54, 1.807) is 0 Å². The number of ether oxygens (including phenoxy) is 1. The lowest BCUT2D eigenvalue weighted by Crippen LogP contribution is -2.17. The van der Waals surface area contributed by atoms with Gasteiger partial charge in [0.05, 0.1) is 5.56 Å². The Bertz CT molecular complexity index is 666. The molecule has 110 valence electrons. The predicted octanol–water partition coefficient (Wildman–Crippen LogP) is 3.53. The van der Waals surface area contributed by atoms with Gasteiger partial charge in [0.15, 0.2) is 0 Å². The molecule has 2 rings (SSSR count). The monoisotopic (exact) mass is 297 g/mol. The molecule has 0 atom stereocenters. The number of benzene rings is 2. The molecule has 0 aliphatic rings. The summed E-state index contributed by atoms with van der Waals surface area (Å²) in [4.78, 5) is 10.8. The van der Waals surface area contributed by atoms with Gasteiger partial charge in [-0.3, -0.25) is 0 Å². The average molecular weight is 297 g/mol. The second kappa shape index (κ2) is 5.35. The highest BCUT2D eigenvalue weighted by Gasteiger charge is 2.32. The van der Waals surface area contributed by atoms with E-state index in [0.29, 0.717) is 5.56 Å². The van der Waals surface area contributed by atoms with Gasteiger partial charge in [0.2, 0.25) is 0 Å². The third-order valence-corrected chi connectivity index (χ3v) is 2.67. The minimum atomic E-state index is -4.83. The Balaban J connectivity index is 2.46. The first-order chi connectivity index (χ1) is 9.76. The summed E-state index contributed by atoms with van der Waals surface area (Å²) in [5, 5.41) is 8.80. The van der Waals surface area contributed by atoms with Crippen molar-refractivity contribution in [2.45, 2.75) is 6.36 Å². The van der Waals surface area contributed by atoms with E-state index in [1.165, 1.54) is 36.4 Å². The number of hydrogen-bond donors (Lipinski definition) is 2. The number of aromatic carboxylic acids is 1. The van der Waals surface area contributed by atoms with Crippen molar-refractivity contribution in [3.8, 4) is 16.9 Å². The zero-order valence-corrected chi connectivity index (χ0v) is 10.5. The Hall–Kier alpha value is -2.70. The molecule has 2 aromatic carbocycles. The lowest BCUT2D eigenvalue weighted by molar-refractivity contribution is -0.274. The standard InChI is InChI=1S/C14H10F3NO3/c15-14(16,17)21-12-6-5-10(18)7-11(12)8-1-3-9(4-2-8)13(19)20/h1-7H,18H2,(H,19,20). The molecule has 0 fully saturated rings. The molecule has 0 amide bonds. The van der Waals surface area contributed by atoms with Crippen molar-refractivity contribution < 1.29 is 27.8 Å². The third-order valence-electron chi connectivity index (χ3n) is 2.67. The molecule has 0 aliphatic heterocycles. The smallest absolute Gasteiger partial charge is 0.478 e. The van der Waals surface area contributed by atoms with Gasteiger partial charge in [-0.15, -0.1) is 13.2 Å². The van der Waals surface area contributed by atoms with E-state index in [-0.39, 0.29) is 16.8 Å². The number of nitrogen functional groups attached to an aromatic ring is 1. The van der Waals surface area contributed by atoms with Gasteiger partial charge in [-0.25, -0.2) is 4.79 Å². The number of rotatable bonds is 3. The van der Waals surface area contributed by atoms with Crippen LogP contribution in [0.5, 0.6) is 5.75 Å². The molecule has 0 spiro atoms. The van der Waals surface area contributed by atoms with Crippen molar-refractivity contribution in [3.05, 3.63) is 48.0 Å². The van der Waals surface area contributed by atoms with Crippen LogP contribution < -0.4 is 10.5 Å². The molecule has 0 unspecified atom stereocenters. The normalized spacial score (nSPS) is 11.2. The first kappa shape index (κ1) is 14.7. The van der Waals surface area contributed by atoms with Gasteiger partial charge in [0, 0.05) is 11.3 Å². The maximum Gasteiger partial charge on any atom is 0.573 e. The van der Waals surface area contributed by atoms with Crippen molar-refractivity contribution in [3.63, 3.8) is 0 Å². The van der Waals surface area contributed by atoms with Crippen LogP contribution in [0.2, 0.25) is 0 Å². The van der Waals surface area contributed by atoms with Gasteiger partial charge >= 0.3 is 12.3 Å². The van der Waals surface area contributed by atoms with E-state index >= 15 is 0 Å². The van der Waals surface area contributed by atoms with Gasteiger partial charge < -0.3 is 15.6 Å². The molecule has 7 heteroatoms. The second-order valence-corrected chi connectivity index (χ2v) is 4.19. The Morgan fingerprint density at radius 2 is 1.71 bits per heavy atom. The molecular formula is C14H10F3NO3. The molecule has 0 aromatic heterocycles. The highest BCUT2D eigenvalue weighted by atomic mass is 19.4. The highest BCUT2D eigenvalue weighted by molar-refractivity contribution is 5.88. The molecule has 0 saturated heterocycles. The van der Waals surface area contributed by atoms with Crippen LogP contribution in [-0.4, -0.2) is 17.4 Å². The van der Waals surface area contributed by atoms with Crippen molar-refractivity contribution in [1.29, 1.82) is 0 Å². The summed E-state index contributed by atoms with van der Waals surface area (Å²) >= 11 is 0. The van der Waals surface area contributed by atoms with Crippen LogP contribution in [0.3, 0.4) is 0 Å². The zero-order chi connectivity index (χ0) is 15.6. The van der Waals surface area contributed by atoms with Gasteiger partial charge in [0.25, 0.3) is 0 Å². The summed E-state index contributed by atoms with van der Waals surface area (Å²) in [7, 11) is 0. The number of carboxylic acids is 1. The lowest BCUT2D eigenvalue weighted by atomic mass is 10.0. The van der Waals surface area contributed by atoms with Crippen LogP contribution in [-0.2, 0) is 0 Å². The number of alkyl halides is 3. The minimum Gasteiger partial charge on any atom is -0.478 e. The quantitative estimate of drug-likeness (QED) is 0.850. The maximum absolute atomic E-state index is 12.4. The minimum absolute atomic E-state index is 0.0287. The second-order valence-electron chi connectivity index (χ2n) is 4.19. The fourth-order valence-corrected chi connectivity index (χ4v) is 1.78. The zero-order valence-electron chi connectivity index (χ0n) is 10.5. The van der Waals surface area contributed by atoms with E-state index in [9.17, 15) is 18.0 Å². The molecule has 0 heterocycles. The maximum atomic E-state index is 12.4. The van der Waals surface area contributed by atoms with E-state index in [0.717, 1.165) is 6.07 Å². The van der Waals surface area contributed by atoms with Crippen molar-refractivity contribution in [2.75, 3.05) is 5.73 Å². The molecule has 0 aliphatic carbocycles. The van der Waals surface area contributed by atoms with E-state index in [1.807, 2.05) is 0 Å². The third kappa shape index (κ3) is 3.65. The van der Waals surface area contributed by atoms with Crippen molar-refractivity contribution in [2.24, 2.45) is 0 Å². The molecule has 21 heavy (non-hydrogen) atoms. The lowest BCUT2D eigenvalue weighted by Gasteiger charge is -2.14. The Kier molecular flexibility index (Phi) is 3.75. The van der Waals surface area contributed by atoms with E-state index < -0.39 is 18.1 Å². The molecule has 4 nitrogen and oxygen atoms in total. The fraction of sp³-hybridized carbons (Fsp3) is 0.0714. The van der Waals surface area contributed by atoms with Gasteiger partial charge in [0.1, 0.15) is 5.75 Å². The Morgan fingerprint density at radius 1 is 1.10 bits per heavy atom. The molecule has 0 bridgehead atoms. The Morgan fingerprint density at radius 3 is 2.24 bits per heavy atom. The van der Waals surface area contributed by atoms with Gasteiger partial charge in [-0.05, 0) is 35.9 Å². The van der Waals surface area contributed by atoms with E-state index in [4.69, 9.17) is 10.8 Å². The van der Waals surface area contributed by atoms with Gasteiger partial charge in [-0.2, -0.15) is 0 Å². The Labute approximate surface area is 117 Å². The molecule has 2 aromatic rings. The summed E-state index contributed by atoms with van der Waals surface area (Å²) < 4.78 is 41.1. The number of nitrogens with two attached hydrogens (primary N) is 1. The van der Waals surface area contributed by atoms with Crippen LogP contribution in [0.25, 0.3) is 11.1 Å². The van der Waals surface area contributed by atoms with Crippen LogP contribution in [0.1, 0.15) is 10.4 Å². The first-order valence-electron chi connectivity index (χ1n) is 5.75.